The molecule has 0 saturated carbocycles. The number of hydrogen-bond donors (Lipinski definition) is 0. The van der Waals surface area contributed by atoms with Gasteiger partial charge < -0.3 is 4.74 Å². The summed E-state index contributed by atoms with van der Waals surface area (Å²) < 4.78 is 5.01. The van der Waals surface area contributed by atoms with Crippen molar-refractivity contribution in [2.24, 2.45) is 5.11 Å². The summed E-state index contributed by atoms with van der Waals surface area (Å²) in [7, 11) is 1.52. The van der Waals surface area contributed by atoms with Crippen LogP contribution in [0.2, 0.25) is 0 Å². The molecule has 1 heterocycles. The van der Waals surface area contributed by atoms with Crippen molar-refractivity contribution in [3.63, 3.8) is 0 Å². The van der Waals surface area contributed by atoms with Crippen LogP contribution in [0.3, 0.4) is 0 Å². The second-order valence-electron chi connectivity index (χ2n) is 2.89. The standard InChI is InChI=1S/C10H8N4O/c1-15-10-6-9(13-14-11)7-4-2-3-5-8(7)12-10/h2-6H,1H3. The number of azide groups is 1. The van der Waals surface area contributed by atoms with Gasteiger partial charge in [0.2, 0.25) is 5.88 Å². The minimum atomic E-state index is 0.441. The summed E-state index contributed by atoms with van der Waals surface area (Å²) >= 11 is 0. The van der Waals surface area contributed by atoms with Crippen molar-refractivity contribution in [1.82, 2.24) is 4.98 Å². The largest absolute Gasteiger partial charge is 0.481 e. The van der Waals surface area contributed by atoms with Gasteiger partial charge in [-0.05, 0) is 11.6 Å². The zero-order valence-electron chi connectivity index (χ0n) is 8.08. The highest BCUT2D eigenvalue weighted by Gasteiger charge is 2.03. The number of fused-ring (bicyclic) bond motifs is 1. The predicted octanol–water partition coefficient (Wildman–Crippen LogP) is 3.19. The SMILES string of the molecule is COc1cc(N=[N+]=[N-])c2ccccc2n1. The Hall–Kier alpha value is -2.26. The highest BCUT2D eigenvalue weighted by Crippen LogP contribution is 2.28. The molecule has 0 radical (unpaired) electrons. The molecule has 0 aliphatic heterocycles. The van der Waals surface area contributed by atoms with Gasteiger partial charge in [-0.1, -0.05) is 23.3 Å². The van der Waals surface area contributed by atoms with E-state index in [0.29, 0.717) is 11.6 Å². The Labute approximate surface area is 85.9 Å². The molecule has 0 aliphatic rings. The number of ether oxygens (including phenoxy) is 1. The van der Waals surface area contributed by atoms with E-state index in [4.69, 9.17) is 10.3 Å². The van der Waals surface area contributed by atoms with E-state index in [1.807, 2.05) is 24.3 Å². The summed E-state index contributed by atoms with van der Waals surface area (Å²) in [5.74, 6) is 0.441. The Balaban J connectivity index is 2.79. The first-order chi connectivity index (χ1) is 7.35. The van der Waals surface area contributed by atoms with E-state index in [1.165, 1.54) is 7.11 Å². The molecule has 2 rings (SSSR count). The van der Waals surface area contributed by atoms with Gasteiger partial charge in [-0.25, -0.2) is 4.98 Å². The van der Waals surface area contributed by atoms with Gasteiger partial charge in [-0.3, -0.25) is 0 Å². The summed E-state index contributed by atoms with van der Waals surface area (Å²) in [6.45, 7) is 0. The lowest BCUT2D eigenvalue weighted by molar-refractivity contribution is 0.400. The van der Waals surface area contributed by atoms with E-state index in [0.717, 1.165) is 10.9 Å². The molecule has 0 spiro atoms. The molecule has 0 atom stereocenters. The molecule has 0 bridgehead atoms. The lowest BCUT2D eigenvalue weighted by Crippen LogP contribution is -1.87. The zero-order valence-corrected chi connectivity index (χ0v) is 8.08. The van der Waals surface area contributed by atoms with Crippen molar-refractivity contribution in [3.8, 4) is 5.88 Å². The maximum absolute atomic E-state index is 8.44. The third-order valence-corrected chi connectivity index (χ3v) is 2.03. The molecule has 5 heteroatoms. The van der Waals surface area contributed by atoms with Crippen LogP contribution in [0.25, 0.3) is 21.3 Å². The maximum Gasteiger partial charge on any atom is 0.213 e. The molecule has 0 N–H and O–H groups in total. The molecule has 1 aromatic carbocycles. The van der Waals surface area contributed by atoms with Crippen LogP contribution >= 0.6 is 0 Å². The van der Waals surface area contributed by atoms with Crippen molar-refractivity contribution < 1.29 is 4.74 Å². The monoisotopic (exact) mass is 200 g/mol. The maximum atomic E-state index is 8.44. The molecule has 15 heavy (non-hydrogen) atoms. The molecule has 0 amide bonds. The number of rotatable bonds is 2. The van der Waals surface area contributed by atoms with Gasteiger partial charge in [-0.15, -0.1) is 0 Å². The summed E-state index contributed by atoms with van der Waals surface area (Å²) in [6.07, 6.45) is 0. The quantitative estimate of drug-likeness (QED) is 0.424. The van der Waals surface area contributed by atoms with Crippen LogP contribution in [0.5, 0.6) is 5.88 Å². The molecular weight excluding hydrogens is 192 g/mol. The first kappa shape index (κ1) is 9.30. The molecule has 1 aromatic heterocycles. The zero-order chi connectivity index (χ0) is 10.7. The number of benzene rings is 1. The van der Waals surface area contributed by atoms with Crippen LogP contribution in [0.15, 0.2) is 35.4 Å². The number of nitrogens with zero attached hydrogens (tertiary/aromatic N) is 4. The van der Waals surface area contributed by atoms with Gasteiger partial charge in [0.15, 0.2) is 0 Å². The van der Waals surface area contributed by atoms with Crippen LogP contribution in [0.1, 0.15) is 0 Å². The van der Waals surface area contributed by atoms with Gasteiger partial charge in [0.05, 0.1) is 18.3 Å². The average Bonchev–Trinajstić information content (AvgIpc) is 2.29. The second-order valence-corrected chi connectivity index (χ2v) is 2.89. The fraction of sp³-hybridized carbons (Fsp3) is 0.100. The molecule has 2 aromatic rings. The van der Waals surface area contributed by atoms with E-state index in [-0.39, 0.29) is 0 Å². The van der Waals surface area contributed by atoms with E-state index in [9.17, 15) is 0 Å². The smallest absolute Gasteiger partial charge is 0.213 e. The summed E-state index contributed by atoms with van der Waals surface area (Å²) in [5.41, 5.74) is 9.72. The van der Waals surface area contributed by atoms with Gasteiger partial charge >= 0.3 is 0 Å². The van der Waals surface area contributed by atoms with E-state index in [2.05, 4.69) is 15.0 Å². The Morgan fingerprint density at radius 1 is 1.40 bits per heavy atom. The third kappa shape index (κ3) is 1.68. The van der Waals surface area contributed by atoms with Crippen LogP contribution in [0.4, 0.5) is 5.69 Å². The van der Waals surface area contributed by atoms with Crippen LogP contribution in [-0.4, -0.2) is 12.1 Å². The van der Waals surface area contributed by atoms with Gasteiger partial charge in [0, 0.05) is 16.4 Å². The van der Waals surface area contributed by atoms with Crippen LogP contribution < -0.4 is 4.74 Å². The van der Waals surface area contributed by atoms with Crippen LogP contribution in [-0.2, 0) is 0 Å². The van der Waals surface area contributed by atoms with E-state index >= 15 is 0 Å². The van der Waals surface area contributed by atoms with Crippen molar-refractivity contribution in [2.45, 2.75) is 0 Å². The highest BCUT2D eigenvalue weighted by atomic mass is 16.5. The fourth-order valence-electron chi connectivity index (χ4n) is 1.37. The average molecular weight is 200 g/mol. The second kappa shape index (κ2) is 3.86. The molecular formula is C10H8N4O. The molecule has 0 aliphatic carbocycles. The molecule has 0 fully saturated rings. The lowest BCUT2D eigenvalue weighted by atomic mass is 10.2. The third-order valence-electron chi connectivity index (χ3n) is 2.03. The Morgan fingerprint density at radius 2 is 2.20 bits per heavy atom. The topological polar surface area (TPSA) is 70.9 Å². The van der Waals surface area contributed by atoms with Crippen molar-refractivity contribution in [3.05, 3.63) is 40.8 Å². The normalized spacial score (nSPS) is 9.67. The van der Waals surface area contributed by atoms with E-state index < -0.39 is 0 Å². The predicted molar refractivity (Wildman–Crippen MR) is 57.1 cm³/mol. The number of para-hydroxylation sites is 1. The van der Waals surface area contributed by atoms with Crippen LogP contribution in [0, 0.1) is 0 Å². The fourth-order valence-corrected chi connectivity index (χ4v) is 1.37. The van der Waals surface area contributed by atoms with Crippen molar-refractivity contribution in [2.75, 3.05) is 7.11 Å². The summed E-state index contributed by atoms with van der Waals surface area (Å²) in [6, 6.07) is 9.05. The van der Waals surface area contributed by atoms with Gasteiger partial charge in [-0.2, -0.15) is 0 Å². The van der Waals surface area contributed by atoms with E-state index in [1.54, 1.807) is 6.07 Å². The number of hydrogen-bond acceptors (Lipinski definition) is 3. The molecule has 0 unspecified atom stereocenters. The molecule has 0 saturated heterocycles. The Morgan fingerprint density at radius 3 is 2.93 bits per heavy atom. The number of pyridine rings is 1. The minimum absolute atomic E-state index is 0.441. The highest BCUT2D eigenvalue weighted by molar-refractivity contribution is 5.90. The van der Waals surface area contributed by atoms with Gasteiger partial charge in [0.25, 0.3) is 0 Å². The molecule has 5 nitrogen and oxygen atoms in total. The number of methoxy groups -OCH3 is 1. The lowest BCUT2D eigenvalue weighted by Gasteiger charge is -2.03. The first-order valence-corrected chi connectivity index (χ1v) is 4.34. The summed E-state index contributed by atoms with van der Waals surface area (Å²) in [4.78, 5) is 7.00. The Kier molecular flexibility index (Phi) is 2.39. The van der Waals surface area contributed by atoms with Crippen molar-refractivity contribution in [1.29, 1.82) is 0 Å². The Bertz CT molecular complexity index is 546. The van der Waals surface area contributed by atoms with Crippen molar-refractivity contribution >= 4 is 16.6 Å². The number of aromatic nitrogens is 1. The summed E-state index contributed by atoms with van der Waals surface area (Å²) in [5, 5.41) is 4.42. The first-order valence-electron chi connectivity index (χ1n) is 4.34. The minimum Gasteiger partial charge on any atom is -0.481 e. The van der Waals surface area contributed by atoms with Gasteiger partial charge in [0.1, 0.15) is 0 Å². The molecule has 74 valence electrons.